The number of nitrogens with zero attached hydrogens (tertiary/aromatic N) is 4. The first-order chi connectivity index (χ1) is 13.2. The summed E-state index contributed by atoms with van der Waals surface area (Å²) in [5.41, 5.74) is 1.04. The van der Waals surface area contributed by atoms with E-state index in [4.69, 9.17) is 0 Å². The van der Waals surface area contributed by atoms with E-state index in [9.17, 15) is 9.59 Å². The van der Waals surface area contributed by atoms with E-state index < -0.39 is 0 Å². The Kier molecular flexibility index (Phi) is 4.69. The van der Waals surface area contributed by atoms with Crippen LogP contribution in [-0.4, -0.2) is 37.7 Å². The number of carbonyl (C=O) groups is 2. The summed E-state index contributed by atoms with van der Waals surface area (Å²) in [6.07, 6.45) is 7.04. The van der Waals surface area contributed by atoms with Gasteiger partial charge in [-0.05, 0) is 25.0 Å². The lowest BCUT2D eigenvalue weighted by Gasteiger charge is -2.08. The van der Waals surface area contributed by atoms with Crippen molar-refractivity contribution in [2.24, 2.45) is 5.92 Å². The highest BCUT2D eigenvalue weighted by Gasteiger charge is 2.30. The molecule has 0 spiro atoms. The molecule has 0 saturated heterocycles. The normalized spacial score (nSPS) is 13.3. The molecule has 0 aliphatic heterocycles. The Balaban J connectivity index is 1.50. The highest BCUT2D eigenvalue weighted by atomic mass is 16.2. The van der Waals surface area contributed by atoms with E-state index in [1.54, 1.807) is 23.3 Å². The van der Waals surface area contributed by atoms with Gasteiger partial charge in [0.2, 0.25) is 5.91 Å². The zero-order valence-electron chi connectivity index (χ0n) is 14.7. The largest absolute Gasteiger partial charge is 0.349 e. The van der Waals surface area contributed by atoms with Crippen LogP contribution in [0, 0.1) is 5.92 Å². The van der Waals surface area contributed by atoms with Crippen molar-refractivity contribution in [1.29, 1.82) is 0 Å². The van der Waals surface area contributed by atoms with Gasteiger partial charge in [0, 0.05) is 37.5 Å². The number of aromatic nitrogens is 4. The van der Waals surface area contributed by atoms with Crippen LogP contribution >= 0.6 is 0 Å². The molecule has 3 aromatic rings. The van der Waals surface area contributed by atoms with Crippen molar-refractivity contribution < 1.29 is 9.59 Å². The van der Waals surface area contributed by atoms with Crippen molar-refractivity contribution in [2.75, 3.05) is 11.9 Å². The second kappa shape index (κ2) is 7.45. The molecule has 27 heavy (non-hydrogen) atoms. The molecule has 2 amide bonds. The number of anilines is 1. The van der Waals surface area contributed by atoms with Gasteiger partial charge in [-0.15, -0.1) is 0 Å². The Hall–Kier alpha value is -3.42. The van der Waals surface area contributed by atoms with Gasteiger partial charge in [-0.25, -0.2) is 9.67 Å². The third kappa shape index (κ3) is 4.05. The monoisotopic (exact) mass is 364 g/mol. The average molecular weight is 364 g/mol. The van der Waals surface area contributed by atoms with Crippen LogP contribution in [0.1, 0.15) is 23.3 Å². The summed E-state index contributed by atoms with van der Waals surface area (Å²) >= 11 is 0. The topological polar surface area (TPSA) is 93.8 Å². The Morgan fingerprint density at radius 2 is 2.00 bits per heavy atom. The van der Waals surface area contributed by atoms with Crippen LogP contribution in [0.15, 0.2) is 55.1 Å². The molecule has 1 aromatic carbocycles. The number of rotatable bonds is 7. The van der Waals surface area contributed by atoms with Gasteiger partial charge < -0.3 is 15.2 Å². The smallest absolute Gasteiger partial charge is 0.271 e. The Labute approximate surface area is 156 Å². The summed E-state index contributed by atoms with van der Waals surface area (Å²) in [6.45, 7) is 1.08. The van der Waals surface area contributed by atoms with E-state index in [0.717, 1.165) is 18.5 Å². The molecule has 0 radical (unpaired) electrons. The van der Waals surface area contributed by atoms with Crippen LogP contribution in [0.25, 0.3) is 5.69 Å². The molecule has 1 saturated carbocycles. The summed E-state index contributed by atoms with van der Waals surface area (Å²) in [6, 6.07) is 11.0. The second-order valence-electron chi connectivity index (χ2n) is 6.48. The molecule has 8 nitrogen and oxygen atoms in total. The molecule has 138 valence electrons. The number of hydrogen-bond donors (Lipinski definition) is 2. The van der Waals surface area contributed by atoms with Gasteiger partial charge in [-0.2, -0.15) is 5.10 Å². The highest BCUT2D eigenvalue weighted by Crippen LogP contribution is 2.30. The zero-order chi connectivity index (χ0) is 18.6. The predicted octanol–water partition coefficient (Wildman–Crippen LogP) is 1.85. The van der Waals surface area contributed by atoms with Crippen LogP contribution in [-0.2, 0) is 11.3 Å². The van der Waals surface area contributed by atoms with Crippen molar-refractivity contribution in [2.45, 2.75) is 19.4 Å². The molecular formula is C19H20N6O2. The van der Waals surface area contributed by atoms with Gasteiger partial charge in [-0.1, -0.05) is 18.2 Å². The zero-order valence-corrected chi connectivity index (χ0v) is 14.7. The first-order valence-corrected chi connectivity index (χ1v) is 8.91. The van der Waals surface area contributed by atoms with E-state index in [0.29, 0.717) is 18.9 Å². The van der Waals surface area contributed by atoms with Crippen LogP contribution in [0.5, 0.6) is 0 Å². The van der Waals surface area contributed by atoms with Crippen molar-refractivity contribution in [3.05, 3.63) is 60.8 Å². The average Bonchev–Trinajstić information content (AvgIpc) is 3.26. The molecule has 8 heteroatoms. The lowest BCUT2D eigenvalue weighted by molar-refractivity contribution is -0.117. The van der Waals surface area contributed by atoms with E-state index in [1.807, 2.05) is 41.1 Å². The van der Waals surface area contributed by atoms with Crippen molar-refractivity contribution in [1.82, 2.24) is 24.6 Å². The summed E-state index contributed by atoms with van der Waals surface area (Å²) in [5.74, 6) is 0.250. The number of imidazole rings is 1. The lowest BCUT2D eigenvalue weighted by Crippen LogP contribution is -2.27. The van der Waals surface area contributed by atoms with Crippen LogP contribution < -0.4 is 10.6 Å². The molecular weight excluding hydrogens is 344 g/mol. The standard InChI is InChI=1S/C19H20N6O2/c26-18(14-6-7-14)22-17-12-16(23-25(17)15-4-2-1-3-5-15)19(27)21-9-11-24-10-8-20-13-24/h1-5,8,10,12-14H,6-7,9,11H2,(H,21,27)(H,22,26). The summed E-state index contributed by atoms with van der Waals surface area (Å²) in [4.78, 5) is 28.6. The Morgan fingerprint density at radius 3 is 2.70 bits per heavy atom. The highest BCUT2D eigenvalue weighted by molar-refractivity contribution is 5.97. The molecule has 2 aromatic heterocycles. The number of hydrogen-bond acceptors (Lipinski definition) is 4. The second-order valence-corrected chi connectivity index (χ2v) is 6.48. The maximum Gasteiger partial charge on any atom is 0.271 e. The summed E-state index contributed by atoms with van der Waals surface area (Å²) in [7, 11) is 0. The minimum Gasteiger partial charge on any atom is -0.349 e. The van der Waals surface area contributed by atoms with Gasteiger partial charge >= 0.3 is 0 Å². The third-order valence-electron chi connectivity index (χ3n) is 4.36. The van der Waals surface area contributed by atoms with Gasteiger partial charge in [0.05, 0.1) is 12.0 Å². The minimum absolute atomic E-state index is 0.0286. The molecule has 1 aliphatic rings. The van der Waals surface area contributed by atoms with Gasteiger partial charge in [0.1, 0.15) is 5.82 Å². The molecule has 0 bridgehead atoms. The number of nitrogens with one attached hydrogen (secondary N) is 2. The van der Waals surface area contributed by atoms with Crippen LogP contribution in [0.4, 0.5) is 5.82 Å². The molecule has 1 aliphatic carbocycles. The van der Waals surface area contributed by atoms with Crippen LogP contribution in [0.3, 0.4) is 0 Å². The SMILES string of the molecule is O=C(NCCn1ccnc1)c1cc(NC(=O)C2CC2)n(-c2ccccc2)n1. The van der Waals surface area contributed by atoms with Crippen molar-refractivity contribution >= 4 is 17.6 Å². The summed E-state index contributed by atoms with van der Waals surface area (Å²) in [5, 5.41) is 10.1. The number of amides is 2. The molecule has 0 unspecified atom stereocenters. The Bertz CT molecular complexity index is 929. The van der Waals surface area contributed by atoms with Crippen molar-refractivity contribution in [3.8, 4) is 5.69 Å². The van der Waals surface area contributed by atoms with Gasteiger partial charge in [-0.3, -0.25) is 9.59 Å². The first kappa shape index (κ1) is 17.0. The summed E-state index contributed by atoms with van der Waals surface area (Å²) < 4.78 is 3.47. The van der Waals surface area contributed by atoms with Crippen molar-refractivity contribution in [3.63, 3.8) is 0 Å². The minimum atomic E-state index is -0.285. The first-order valence-electron chi connectivity index (χ1n) is 8.91. The molecule has 2 N–H and O–H groups in total. The van der Waals surface area contributed by atoms with Gasteiger partial charge in [0.15, 0.2) is 5.69 Å². The molecule has 1 fully saturated rings. The van der Waals surface area contributed by atoms with E-state index in [2.05, 4.69) is 20.7 Å². The lowest BCUT2D eigenvalue weighted by atomic mass is 10.3. The quantitative estimate of drug-likeness (QED) is 0.669. The maximum atomic E-state index is 12.5. The maximum absolute atomic E-state index is 12.5. The van der Waals surface area contributed by atoms with E-state index in [-0.39, 0.29) is 23.4 Å². The molecule has 4 rings (SSSR count). The Morgan fingerprint density at radius 1 is 1.19 bits per heavy atom. The van der Waals surface area contributed by atoms with E-state index >= 15 is 0 Å². The predicted molar refractivity (Wildman–Crippen MR) is 99.5 cm³/mol. The molecule has 2 heterocycles. The fraction of sp³-hybridized carbons (Fsp3) is 0.263. The van der Waals surface area contributed by atoms with E-state index in [1.165, 1.54) is 0 Å². The van der Waals surface area contributed by atoms with Crippen LogP contribution in [0.2, 0.25) is 0 Å². The number of carbonyl (C=O) groups excluding carboxylic acids is 2. The fourth-order valence-corrected chi connectivity index (χ4v) is 2.73. The number of benzene rings is 1. The molecule has 0 atom stereocenters. The van der Waals surface area contributed by atoms with Gasteiger partial charge in [0.25, 0.3) is 5.91 Å². The fourth-order valence-electron chi connectivity index (χ4n) is 2.73. The third-order valence-corrected chi connectivity index (χ3v) is 4.36. The number of para-hydroxylation sites is 1.